The van der Waals surface area contributed by atoms with Crippen LogP contribution in [0.1, 0.15) is 25.8 Å². The van der Waals surface area contributed by atoms with Crippen LogP contribution in [0.3, 0.4) is 0 Å². The fourth-order valence-corrected chi connectivity index (χ4v) is 2.35. The van der Waals surface area contributed by atoms with Crippen molar-refractivity contribution < 1.29 is 0 Å². The van der Waals surface area contributed by atoms with Gasteiger partial charge in [-0.3, -0.25) is 0 Å². The lowest BCUT2D eigenvalue weighted by Crippen LogP contribution is -2.15. The van der Waals surface area contributed by atoms with Crippen LogP contribution < -0.4 is 5.32 Å². The molecule has 1 aromatic carbocycles. The van der Waals surface area contributed by atoms with Gasteiger partial charge >= 0.3 is 0 Å². The minimum Gasteiger partial charge on any atom is -0.347 e. The standard InChI is InChI=1S/C15H22N2/c1-3-11-17-12-13(9-10-16-4-2)14-7-5-6-8-15(14)17/h5-8,12,16H,3-4,9-11H2,1-2H3. The summed E-state index contributed by atoms with van der Waals surface area (Å²) in [7, 11) is 0. The van der Waals surface area contributed by atoms with E-state index < -0.39 is 0 Å². The van der Waals surface area contributed by atoms with E-state index in [1.54, 1.807) is 0 Å². The van der Waals surface area contributed by atoms with E-state index in [0.29, 0.717) is 0 Å². The molecule has 0 saturated carbocycles. The third kappa shape index (κ3) is 2.70. The molecule has 2 heteroatoms. The van der Waals surface area contributed by atoms with Gasteiger partial charge in [-0.2, -0.15) is 0 Å². The van der Waals surface area contributed by atoms with Gasteiger partial charge in [-0.05, 0) is 37.6 Å². The van der Waals surface area contributed by atoms with Gasteiger partial charge in [-0.25, -0.2) is 0 Å². The molecule has 0 bridgehead atoms. The summed E-state index contributed by atoms with van der Waals surface area (Å²) in [5, 5.41) is 4.81. The van der Waals surface area contributed by atoms with Gasteiger partial charge in [0.15, 0.2) is 0 Å². The lowest BCUT2D eigenvalue weighted by atomic mass is 10.1. The van der Waals surface area contributed by atoms with Crippen molar-refractivity contribution in [2.45, 2.75) is 33.2 Å². The monoisotopic (exact) mass is 230 g/mol. The van der Waals surface area contributed by atoms with Gasteiger partial charge in [0.2, 0.25) is 0 Å². The molecule has 92 valence electrons. The van der Waals surface area contributed by atoms with E-state index in [0.717, 1.165) is 26.1 Å². The average Bonchev–Trinajstić information content (AvgIpc) is 2.70. The smallest absolute Gasteiger partial charge is 0.0483 e. The van der Waals surface area contributed by atoms with E-state index in [4.69, 9.17) is 0 Å². The van der Waals surface area contributed by atoms with Crippen molar-refractivity contribution in [3.63, 3.8) is 0 Å². The van der Waals surface area contributed by atoms with E-state index in [1.165, 1.54) is 22.9 Å². The molecule has 0 aliphatic heterocycles. The lowest BCUT2D eigenvalue weighted by Gasteiger charge is -2.01. The molecule has 1 aromatic heterocycles. The molecule has 0 aliphatic rings. The number of hydrogen-bond acceptors (Lipinski definition) is 1. The lowest BCUT2D eigenvalue weighted by molar-refractivity contribution is 0.691. The first-order valence-electron chi connectivity index (χ1n) is 6.64. The summed E-state index contributed by atoms with van der Waals surface area (Å²) in [5.41, 5.74) is 2.84. The van der Waals surface area contributed by atoms with Crippen molar-refractivity contribution in [3.05, 3.63) is 36.0 Å². The third-order valence-electron chi connectivity index (χ3n) is 3.16. The molecule has 0 aliphatic carbocycles. The van der Waals surface area contributed by atoms with Crippen molar-refractivity contribution in [2.75, 3.05) is 13.1 Å². The summed E-state index contributed by atoms with van der Waals surface area (Å²) in [5.74, 6) is 0. The van der Waals surface area contributed by atoms with E-state index in [9.17, 15) is 0 Å². The molecule has 2 aromatic rings. The summed E-state index contributed by atoms with van der Waals surface area (Å²) in [6.45, 7) is 7.61. The van der Waals surface area contributed by atoms with Crippen LogP contribution in [0.5, 0.6) is 0 Å². The maximum Gasteiger partial charge on any atom is 0.0483 e. The fourth-order valence-electron chi connectivity index (χ4n) is 2.35. The largest absolute Gasteiger partial charge is 0.347 e. The number of para-hydroxylation sites is 1. The Morgan fingerprint density at radius 2 is 2.00 bits per heavy atom. The van der Waals surface area contributed by atoms with Crippen LogP contribution in [0.4, 0.5) is 0 Å². The maximum atomic E-state index is 3.39. The quantitative estimate of drug-likeness (QED) is 0.754. The summed E-state index contributed by atoms with van der Waals surface area (Å²) in [6, 6.07) is 8.72. The molecular formula is C15H22N2. The normalized spacial score (nSPS) is 11.2. The molecule has 1 heterocycles. The number of rotatable bonds is 6. The van der Waals surface area contributed by atoms with E-state index in [-0.39, 0.29) is 0 Å². The number of hydrogen-bond donors (Lipinski definition) is 1. The third-order valence-corrected chi connectivity index (χ3v) is 3.16. The molecule has 0 amide bonds. The zero-order valence-electron chi connectivity index (χ0n) is 10.9. The summed E-state index contributed by atoms with van der Waals surface area (Å²) < 4.78 is 2.39. The molecule has 2 nitrogen and oxygen atoms in total. The predicted octanol–water partition coefficient (Wildman–Crippen LogP) is 3.20. The molecule has 17 heavy (non-hydrogen) atoms. The minimum absolute atomic E-state index is 1.05. The maximum absolute atomic E-state index is 3.39. The van der Waals surface area contributed by atoms with Gasteiger partial charge < -0.3 is 9.88 Å². The van der Waals surface area contributed by atoms with Crippen LogP contribution in [-0.4, -0.2) is 17.7 Å². The second-order valence-corrected chi connectivity index (χ2v) is 4.47. The van der Waals surface area contributed by atoms with Gasteiger partial charge in [0.25, 0.3) is 0 Å². The van der Waals surface area contributed by atoms with Crippen molar-refractivity contribution in [1.82, 2.24) is 9.88 Å². The molecule has 0 saturated heterocycles. The Morgan fingerprint density at radius 1 is 1.18 bits per heavy atom. The van der Waals surface area contributed by atoms with Crippen LogP contribution >= 0.6 is 0 Å². The van der Waals surface area contributed by atoms with Gasteiger partial charge in [-0.1, -0.05) is 32.0 Å². The van der Waals surface area contributed by atoms with Crippen molar-refractivity contribution >= 4 is 10.9 Å². The van der Waals surface area contributed by atoms with Crippen molar-refractivity contribution in [3.8, 4) is 0 Å². The number of nitrogens with zero attached hydrogens (tertiary/aromatic N) is 1. The summed E-state index contributed by atoms with van der Waals surface area (Å²) in [6.07, 6.45) is 4.63. The van der Waals surface area contributed by atoms with Gasteiger partial charge in [0.1, 0.15) is 0 Å². The minimum atomic E-state index is 1.05. The second-order valence-electron chi connectivity index (χ2n) is 4.47. The topological polar surface area (TPSA) is 17.0 Å². The molecule has 0 radical (unpaired) electrons. The number of likely N-dealkylation sites (N-methyl/N-ethyl adjacent to an activating group) is 1. The van der Waals surface area contributed by atoms with E-state index in [1.807, 2.05) is 0 Å². The van der Waals surface area contributed by atoms with E-state index >= 15 is 0 Å². The Kier molecular flexibility index (Phi) is 4.21. The van der Waals surface area contributed by atoms with Crippen LogP contribution in [-0.2, 0) is 13.0 Å². The molecule has 0 atom stereocenters. The van der Waals surface area contributed by atoms with Gasteiger partial charge in [0.05, 0.1) is 0 Å². The van der Waals surface area contributed by atoms with Crippen LogP contribution in [0, 0.1) is 0 Å². The first kappa shape index (κ1) is 12.2. The molecular weight excluding hydrogens is 208 g/mol. The first-order valence-corrected chi connectivity index (χ1v) is 6.64. The number of nitrogens with one attached hydrogen (secondary N) is 1. The zero-order valence-corrected chi connectivity index (χ0v) is 10.9. The highest BCUT2D eigenvalue weighted by Crippen LogP contribution is 2.21. The molecule has 0 fully saturated rings. The SMILES string of the molecule is CCCn1cc(CCNCC)c2ccccc21. The zero-order chi connectivity index (χ0) is 12.1. The average molecular weight is 230 g/mol. The molecule has 2 rings (SSSR count). The number of aromatic nitrogens is 1. The van der Waals surface area contributed by atoms with E-state index in [2.05, 4.69) is 54.2 Å². The van der Waals surface area contributed by atoms with Crippen molar-refractivity contribution in [1.29, 1.82) is 0 Å². The van der Waals surface area contributed by atoms with Crippen LogP contribution in [0.25, 0.3) is 10.9 Å². The molecule has 1 N–H and O–H groups in total. The molecule has 0 spiro atoms. The Labute approximate surface area is 104 Å². The number of aryl methyl sites for hydroxylation is 1. The summed E-state index contributed by atoms with van der Waals surface area (Å²) >= 11 is 0. The van der Waals surface area contributed by atoms with Crippen molar-refractivity contribution in [2.24, 2.45) is 0 Å². The fraction of sp³-hybridized carbons (Fsp3) is 0.467. The van der Waals surface area contributed by atoms with Gasteiger partial charge in [-0.15, -0.1) is 0 Å². The Hall–Kier alpha value is -1.28. The number of fused-ring (bicyclic) bond motifs is 1. The predicted molar refractivity (Wildman–Crippen MR) is 74.5 cm³/mol. The molecule has 0 unspecified atom stereocenters. The highest BCUT2D eigenvalue weighted by Gasteiger charge is 2.06. The number of benzene rings is 1. The highest BCUT2D eigenvalue weighted by atomic mass is 15.0. The highest BCUT2D eigenvalue weighted by molar-refractivity contribution is 5.84. The summed E-state index contributed by atoms with van der Waals surface area (Å²) in [4.78, 5) is 0. The Balaban J connectivity index is 2.28. The first-order chi connectivity index (χ1) is 8.36. The van der Waals surface area contributed by atoms with Crippen LogP contribution in [0.2, 0.25) is 0 Å². The van der Waals surface area contributed by atoms with Crippen LogP contribution in [0.15, 0.2) is 30.5 Å². The Bertz CT molecular complexity index is 471. The second kappa shape index (κ2) is 5.87. The Morgan fingerprint density at radius 3 is 2.76 bits per heavy atom. The van der Waals surface area contributed by atoms with Gasteiger partial charge in [0, 0.05) is 23.6 Å².